The van der Waals surface area contributed by atoms with Gasteiger partial charge in [0.25, 0.3) is 17.7 Å². The van der Waals surface area contributed by atoms with Crippen LogP contribution in [-0.4, -0.2) is 55.6 Å². The molecule has 5 rings (SSSR count). The van der Waals surface area contributed by atoms with E-state index in [0.29, 0.717) is 28.2 Å². The molecule has 170 valence electrons. The summed E-state index contributed by atoms with van der Waals surface area (Å²) in [7, 11) is 1.44. The minimum absolute atomic E-state index is 0.186. The Bertz CT molecular complexity index is 1360. The van der Waals surface area contributed by atoms with Gasteiger partial charge in [-0.05, 0) is 23.8 Å². The van der Waals surface area contributed by atoms with Crippen molar-refractivity contribution in [2.45, 2.75) is 6.04 Å². The third-order valence-corrected chi connectivity index (χ3v) is 5.42. The molecular formula is C23H19N7O4. The van der Waals surface area contributed by atoms with E-state index in [1.54, 1.807) is 18.2 Å². The molecule has 11 heteroatoms. The van der Waals surface area contributed by atoms with Crippen molar-refractivity contribution in [3.8, 4) is 11.5 Å². The molecule has 2 amide bonds. The van der Waals surface area contributed by atoms with Gasteiger partial charge in [0.05, 0.1) is 29.3 Å². The van der Waals surface area contributed by atoms with Crippen LogP contribution in [0.5, 0.6) is 0 Å². The highest BCUT2D eigenvalue weighted by Gasteiger charge is 2.32. The van der Waals surface area contributed by atoms with E-state index in [-0.39, 0.29) is 30.3 Å². The Balaban J connectivity index is 1.48. The Kier molecular flexibility index (Phi) is 5.44. The second-order valence-corrected chi connectivity index (χ2v) is 7.54. The number of hydrogen-bond acceptors (Lipinski definition) is 10. The summed E-state index contributed by atoms with van der Waals surface area (Å²) in [5, 5.41) is 23.9. The zero-order valence-electron chi connectivity index (χ0n) is 18.0. The molecule has 1 aliphatic heterocycles. The molecule has 0 bridgehead atoms. The first-order valence-electron chi connectivity index (χ1n) is 10.3. The second-order valence-electron chi connectivity index (χ2n) is 7.54. The Hall–Kier alpha value is -4.64. The van der Waals surface area contributed by atoms with Crippen molar-refractivity contribution >= 4 is 29.3 Å². The summed E-state index contributed by atoms with van der Waals surface area (Å²) >= 11 is 0. The smallest absolute Gasteiger partial charge is 0.261 e. The molecule has 11 nitrogen and oxygen atoms in total. The highest BCUT2D eigenvalue weighted by atomic mass is 16.4. The Morgan fingerprint density at radius 2 is 1.85 bits per heavy atom. The summed E-state index contributed by atoms with van der Waals surface area (Å²) in [6.07, 6.45) is 2.71. The van der Waals surface area contributed by atoms with Crippen LogP contribution in [0.25, 0.3) is 11.5 Å². The lowest BCUT2D eigenvalue weighted by atomic mass is 10.1. The number of carbonyl (C=O) groups is 2. The first kappa shape index (κ1) is 21.2. The highest BCUT2D eigenvalue weighted by molar-refractivity contribution is 6.21. The number of aliphatic hydroxyl groups is 1. The van der Waals surface area contributed by atoms with Crippen LogP contribution in [0.1, 0.15) is 32.3 Å². The fraction of sp³-hybridized carbons (Fsp3) is 0.130. The third kappa shape index (κ3) is 3.84. The molecule has 34 heavy (non-hydrogen) atoms. The predicted molar refractivity (Wildman–Crippen MR) is 121 cm³/mol. The minimum Gasteiger partial charge on any atom is -0.423 e. The van der Waals surface area contributed by atoms with Gasteiger partial charge in [0.15, 0.2) is 0 Å². The SMILES string of the molecule is CN1C(=O)c2ccc(Nc3ncc(-c4nnco4)c(N[C@H](CO)c4ccccc4)n3)cc2C1=O. The molecule has 0 unspecified atom stereocenters. The molecule has 0 radical (unpaired) electrons. The number of hydrogen-bond donors (Lipinski definition) is 3. The maximum Gasteiger partial charge on any atom is 0.261 e. The van der Waals surface area contributed by atoms with Crippen molar-refractivity contribution < 1.29 is 19.1 Å². The van der Waals surface area contributed by atoms with Crippen molar-refractivity contribution in [3.63, 3.8) is 0 Å². The van der Waals surface area contributed by atoms with Gasteiger partial charge in [0.1, 0.15) is 5.82 Å². The van der Waals surface area contributed by atoms with Gasteiger partial charge < -0.3 is 20.2 Å². The van der Waals surface area contributed by atoms with Crippen molar-refractivity contribution in [3.05, 3.63) is 77.8 Å². The van der Waals surface area contributed by atoms with E-state index in [1.807, 2.05) is 30.3 Å². The Morgan fingerprint density at radius 1 is 1.06 bits per heavy atom. The largest absolute Gasteiger partial charge is 0.423 e. The Morgan fingerprint density at radius 3 is 2.59 bits per heavy atom. The summed E-state index contributed by atoms with van der Waals surface area (Å²) in [5.74, 6) is 0.0855. The van der Waals surface area contributed by atoms with E-state index in [2.05, 4.69) is 30.8 Å². The van der Waals surface area contributed by atoms with Crippen LogP contribution >= 0.6 is 0 Å². The summed E-state index contributed by atoms with van der Waals surface area (Å²) in [6, 6.07) is 13.8. The maximum atomic E-state index is 12.3. The number of fused-ring (bicyclic) bond motifs is 1. The molecule has 0 aliphatic carbocycles. The average molecular weight is 457 g/mol. The van der Waals surface area contributed by atoms with Crippen molar-refractivity contribution in [1.82, 2.24) is 25.1 Å². The lowest BCUT2D eigenvalue weighted by Crippen LogP contribution is -2.24. The molecule has 0 spiro atoms. The molecule has 1 atom stereocenters. The molecule has 1 aliphatic rings. The van der Waals surface area contributed by atoms with E-state index in [0.717, 1.165) is 10.5 Å². The van der Waals surface area contributed by atoms with Crippen LogP contribution in [0, 0.1) is 0 Å². The number of aliphatic hydroxyl groups excluding tert-OH is 1. The summed E-state index contributed by atoms with van der Waals surface area (Å²) in [5.41, 5.74) is 2.51. The molecule has 0 saturated carbocycles. The van der Waals surface area contributed by atoms with Crippen LogP contribution in [0.4, 0.5) is 17.5 Å². The zero-order chi connectivity index (χ0) is 23.7. The Labute approximate surface area is 193 Å². The lowest BCUT2D eigenvalue weighted by molar-refractivity contribution is 0.0693. The van der Waals surface area contributed by atoms with Gasteiger partial charge in [0.2, 0.25) is 12.3 Å². The first-order valence-corrected chi connectivity index (χ1v) is 10.3. The third-order valence-electron chi connectivity index (χ3n) is 5.42. The lowest BCUT2D eigenvalue weighted by Gasteiger charge is -2.19. The number of nitrogens with zero attached hydrogens (tertiary/aromatic N) is 5. The molecular weight excluding hydrogens is 438 g/mol. The van der Waals surface area contributed by atoms with Crippen molar-refractivity contribution in [1.29, 1.82) is 0 Å². The van der Waals surface area contributed by atoms with Crippen LogP contribution in [0.2, 0.25) is 0 Å². The van der Waals surface area contributed by atoms with E-state index < -0.39 is 6.04 Å². The number of anilines is 3. The van der Waals surface area contributed by atoms with Gasteiger partial charge in [-0.1, -0.05) is 30.3 Å². The number of nitrogens with one attached hydrogen (secondary N) is 2. The molecule has 0 saturated heterocycles. The molecule has 3 heterocycles. The summed E-state index contributed by atoms with van der Waals surface area (Å²) < 4.78 is 5.32. The summed E-state index contributed by atoms with van der Waals surface area (Å²) in [4.78, 5) is 34.4. The highest BCUT2D eigenvalue weighted by Crippen LogP contribution is 2.30. The van der Waals surface area contributed by atoms with E-state index in [4.69, 9.17) is 4.42 Å². The van der Waals surface area contributed by atoms with Gasteiger partial charge in [-0.15, -0.1) is 10.2 Å². The molecule has 3 N–H and O–H groups in total. The molecule has 2 aromatic carbocycles. The monoisotopic (exact) mass is 457 g/mol. The fourth-order valence-electron chi connectivity index (χ4n) is 3.65. The number of benzene rings is 2. The zero-order valence-corrected chi connectivity index (χ0v) is 18.0. The van der Waals surface area contributed by atoms with Gasteiger partial charge in [0, 0.05) is 18.9 Å². The normalized spacial score (nSPS) is 13.6. The topological polar surface area (TPSA) is 146 Å². The molecule has 4 aromatic rings. The van der Waals surface area contributed by atoms with Crippen molar-refractivity contribution in [2.75, 3.05) is 24.3 Å². The van der Waals surface area contributed by atoms with Crippen molar-refractivity contribution in [2.24, 2.45) is 0 Å². The number of carbonyl (C=O) groups excluding carboxylic acids is 2. The maximum absolute atomic E-state index is 12.3. The number of amides is 2. The average Bonchev–Trinajstić information content (AvgIpc) is 3.47. The van der Waals surface area contributed by atoms with Crippen LogP contribution in [-0.2, 0) is 0 Å². The van der Waals surface area contributed by atoms with Gasteiger partial charge in [-0.3, -0.25) is 14.5 Å². The quantitative estimate of drug-likeness (QED) is 0.354. The van der Waals surface area contributed by atoms with Gasteiger partial charge >= 0.3 is 0 Å². The second kappa shape index (κ2) is 8.71. The first-order chi connectivity index (χ1) is 16.5. The van der Waals surface area contributed by atoms with E-state index >= 15 is 0 Å². The number of rotatable bonds is 7. The van der Waals surface area contributed by atoms with E-state index in [9.17, 15) is 14.7 Å². The van der Waals surface area contributed by atoms with Gasteiger partial charge in [-0.2, -0.15) is 4.98 Å². The van der Waals surface area contributed by atoms with Crippen LogP contribution in [0.15, 0.2) is 65.5 Å². The predicted octanol–water partition coefficient (Wildman–Crippen LogP) is 2.64. The number of imide groups is 1. The minimum atomic E-state index is -0.454. The summed E-state index contributed by atoms with van der Waals surface area (Å²) in [6.45, 7) is -0.186. The standard InChI is InChI=1S/C23H19N7O4/c1-30-21(32)15-8-7-14(9-16(15)22(30)33)26-23-24-10-17(20-29-25-12-34-20)19(28-23)27-18(11-31)13-5-3-2-4-6-13/h2-10,12,18,31H,11H2,1H3,(H2,24,26,27,28)/t18-/m1/s1. The number of aromatic nitrogens is 4. The van der Waals surface area contributed by atoms with Crippen LogP contribution < -0.4 is 10.6 Å². The molecule has 2 aromatic heterocycles. The van der Waals surface area contributed by atoms with Gasteiger partial charge in [-0.25, -0.2) is 4.98 Å². The molecule has 0 fully saturated rings. The fourth-order valence-corrected chi connectivity index (χ4v) is 3.65. The van der Waals surface area contributed by atoms with E-state index in [1.165, 1.54) is 19.6 Å². The van der Waals surface area contributed by atoms with Crippen LogP contribution in [0.3, 0.4) is 0 Å².